The maximum atomic E-state index is 13.7. The van der Waals surface area contributed by atoms with E-state index in [9.17, 15) is 9.59 Å². The number of benzene rings is 3. The topological polar surface area (TPSA) is 49.4 Å². The van der Waals surface area contributed by atoms with Crippen LogP contribution in [0.15, 0.2) is 76.5 Å². The number of nitrogens with one attached hydrogen (secondary N) is 1. The third-order valence-corrected chi connectivity index (χ3v) is 8.32. The number of hydrogen-bond donors (Lipinski definition) is 1. The van der Waals surface area contributed by atoms with Crippen molar-refractivity contribution in [1.29, 1.82) is 0 Å². The lowest BCUT2D eigenvalue weighted by Crippen LogP contribution is -2.41. The maximum Gasteiger partial charge on any atom is 0.259 e. The zero-order chi connectivity index (χ0) is 23.7. The van der Waals surface area contributed by atoms with Crippen molar-refractivity contribution in [3.05, 3.63) is 88.4 Å². The van der Waals surface area contributed by atoms with Crippen molar-refractivity contribution in [3.8, 4) is 0 Å². The van der Waals surface area contributed by atoms with Gasteiger partial charge in [-0.05, 0) is 60.7 Å². The van der Waals surface area contributed by atoms with E-state index >= 15 is 0 Å². The Morgan fingerprint density at radius 3 is 2.62 bits per heavy atom. The van der Waals surface area contributed by atoms with Crippen molar-refractivity contribution in [2.75, 3.05) is 4.90 Å². The van der Waals surface area contributed by atoms with Crippen LogP contribution in [0.1, 0.15) is 58.9 Å². The lowest BCUT2D eigenvalue weighted by Gasteiger charge is -2.29. The van der Waals surface area contributed by atoms with Crippen LogP contribution >= 0.6 is 23.4 Å². The summed E-state index contributed by atoms with van der Waals surface area (Å²) in [6.45, 7) is 2.53. The number of amides is 2. The van der Waals surface area contributed by atoms with E-state index in [1.54, 1.807) is 16.7 Å². The summed E-state index contributed by atoms with van der Waals surface area (Å²) in [5.74, 6) is 0.292. The molecule has 1 saturated carbocycles. The lowest BCUT2D eigenvalue weighted by molar-refractivity contribution is 0.0908. The molecule has 4 nitrogen and oxygen atoms in total. The molecule has 1 aliphatic heterocycles. The second-order valence-corrected chi connectivity index (χ2v) is 10.6. The molecule has 1 heterocycles. The summed E-state index contributed by atoms with van der Waals surface area (Å²) in [5.41, 5.74) is 2.81. The summed E-state index contributed by atoms with van der Waals surface area (Å²) in [5, 5.41) is 3.85. The summed E-state index contributed by atoms with van der Waals surface area (Å²) in [7, 11) is 0. The monoisotopic (exact) mass is 490 g/mol. The fourth-order valence-electron chi connectivity index (χ4n) is 4.80. The van der Waals surface area contributed by atoms with Crippen molar-refractivity contribution in [1.82, 2.24) is 5.32 Å². The van der Waals surface area contributed by atoms with Crippen LogP contribution in [0.25, 0.3) is 0 Å². The first-order valence-electron chi connectivity index (χ1n) is 11.8. The van der Waals surface area contributed by atoms with Gasteiger partial charge in [0.05, 0.1) is 17.8 Å². The molecule has 1 N–H and O–H groups in total. The maximum absolute atomic E-state index is 13.7. The van der Waals surface area contributed by atoms with Gasteiger partial charge in [0.25, 0.3) is 11.8 Å². The van der Waals surface area contributed by atoms with E-state index in [1.807, 2.05) is 66.7 Å². The Bertz CT molecular complexity index is 1240. The van der Waals surface area contributed by atoms with Crippen molar-refractivity contribution in [2.24, 2.45) is 5.92 Å². The highest BCUT2D eigenvalue weighted by Gasteiger charge is 2.29. The molecule has 174 valence electrons. The fraction of sp³-hybridized carbons (Fsp3) is 0.286. The van der Waals surface area contributed by atoms with E-state index in [0.29, 0.717) is 28.6 Å². The van der Waals surface area contributed by atoms with Crippen LogP contribution in [0.4, 0.5) is 5.69 Å². The highest BCUT2D eigenvalue weighted by molar-refractivity contribution is 7.99. The molecule has 0 saturated heterocycles. The van der Waals surface area contributed by atoms with Crippen molar-refractivity contribution in [2.45, 2.75) is 55.0 Å². The van der Waals surface area contributed by atoms with Crippen LogP contribution < -0.4 is 10.2 Å². The Kier molecular flexibility index (Phi) is 6.66. The SMILES string of the molecule is CC1CCCCC1NC(=O)c1ccc2c(c1)N(Cc1ccccc1Cl)C(=O)c1ccccc1S2. The van der Waals surface area contributed by atoms with Gasteiger partial charge in [-0.15, -0.1) is 0 Å². The normalized spacial score (nSPS) is 19.7. The zero-order valence-corrected chi connectivity index (χ0v) is 20.7. The zero-order valence-electron chi connectivity index (χ0n) is 19.1. The minimum atomic E-state index is -0.0970. The Labute approximate surface area is 209 Å². The average molecular weight is 491 g/mol. The van der Waals surface area contributed by atoms with Crippen LogP contribution in [0.2, 0.25) is 5.02 Å². The van der Waals surface area contributed by atoms with Crippen molar-refractivity contribution >= 4 is 40.9 Å². The van der Waals surface area contributed by atoms with Crippen molar-refractivity contribution < 1.29 is 9.59 Å². The molecule has 0 bridgehead atoms. The molecule has 2 atom stereocenters. The average Bonchev–Trinajstić information content (AvgIpc) is 2.96. The van der Waals surface area contributed by atoms with Gasteiger partial charge in [-0.1, -0.05) is 73.5 Å². The van der Waals surface area contributed by atoms with Crippen LogP contribution in [0.3, 0.4) is 0 Å². The summed E-state index contributed by atoms with van der Waals surface area (Å²) < 4.78 is 0. The predicted octanol–water partition coefficient (Wildman–Crippen LogP) is 6.96. The first kappa shape index (κ1) is 23.0. The number of fused-ring (bicyclic) bond motifs is 2. The molecular formula is C28H27ClN2O2S. The Morgan fingerprint density at radius 2 is 1.79 bits per heavy atom. The smallest absolute Gasteiger partial charge is 0.259 e. The number of carbonyl (C=O) groups excluding carboxylic acids is 2. The van der Waals surface area contributed by atoms with E-state index in [2.05, 4.69) is 12.2 Å². The molecule has 2 aliphatic rings. The summed E-state index contributed by atoms with van der Waals surface area (Å²) in [6, 6.07) is 21.1. The van der Waals surface area contributed by atoms with Crippen LogP contribution in [0, 0.1) is 5.92 Å². The number of hydrogen-bond acceptors (Lipinski definition) is 3. The third-order valence-electron chi connectivity index (χ3n) is 6.81. The molecular weight excluding hydrogens is 464 g/mol. The summed E-state index contributed by atoms with van der Waals surface area (Å²) >= 11 is 8.01. The molecule has 3 aromatic carbocycles. The highest BCUT2D eigenvalue weighted by atomic mass is 35.5. The minimum absolute atomic E-state index is 0.0848. The first-order chi connectivity index (χ1) is 16.5. The number of anilines is 1. The molecule has 34 heavy (non-hydrogen) atoms. The van der Waals surface area contributed by atoms with Gasteiger partial charge in [-0.25, -0.2) is 0 Å². The highest BCUT2D eigenvalue weighted by Crippen LogP contribution is 2.42. The van der Waals surface area contributed by atoms with E-state index in [4.69, 9.17) is 11.6 Å². The quantitative estimate of drug-likeness (QED) is 0.430. The van der Waals surface area contributed by atoms with Gasteiger partial charge >= 0.3 is 0 Å². The fourth-order valence-corrected chi connectivity index (χ4v) is 6.05. The molecule has 0 spiro atoms. The van der Waals surface area contributed by atoms with Gasteiger partial charge in [0.1, 0.15) is 0 Å². The number of rotatable bonds is 4. The molecule has 1 fully saturated rings. The Hall–Kier alpha value is -2.76. The van der Waals surface area contributed by atoms with Crippen molar-refractivity contribution in [3.63, 3.8) is 0 Å². The van der Waals surface area contributed by atoms with Gasteiger partial charge in [-0.3, -0.25) is 9.59 Å². The molecule has 0 aromatic heterocycles. The molecule has 6 heteroatoms. The largest absolute Gasteiger partial charge is 0.349 e. The van der Waals surface area contributed by atoms with Gasteiger partial charge < -0.3 is 10.2 Å². The lowest BCUT2D eigenvalue weighted by atomic mass is 9.86. The predicted molar refractivity (Wildman–Crippen MR) is 138 cm³/mol. The molecule has 0 radical (unpaired) electrons. The van der Waals surface area contributed by atoms with Gasteiger partial charge in [-0.2, -0.15) is 0 Å². The standard InChI is InChI=1S/C28H27ClN2O2S/c1-18-8-2-6-12-23(18)30-27(32)19-14-15-26-24(16-19)31(17-20-9-3-5-11-22(20)29)28(33)21-10-4-7-13-25(21)34-26/h3-5,7,9-11,13-16,18,23H,2,6,8,12,17H2,1H3,(H,30,32). The molecule has 5 rings (SSSR count). The second-order valence-electron chi connectivity index (χ2n) is 9.11. The van der Waals surface area contributed by atoms with Crippen LogP contribution in [0.5, 0.6) is 0 Å². The number of halogens is 1. The Morgan fingerprint density at radius 1 is 1.03 bits per heavy atom. The summed E-state index contributed by atoms with van der Waals surface area (Å²) in [6.07, 6.45) is 4.53. The van der Waals surface area contributed by atoms with Crippen LogP contribution in [-0.2, 0) is 6.54 Å². The molecule has 3 aromatic rings. The van der Waals surface area contributed by atoms with Crippen LogP contribution in [-0.4, -0.2) is 17.9 Å². The third kappa shape index (κ3) is 4.59. The van der Waals surface area contributed by atoms with E-state index in [1.165, 1.54) is 6.42 Å². The summed E-state index contributed by atoms with van der Waals surface area (Å²) in [4.78, 5) is 30.5. The van der Waals surface area contributed by atoms with E-state index < -0.39 is 0 Å². The molecule has 2 amide bonds. The van der Waals surface area contributed by atoms with Gasteiger partial charge in [0.2, 0.25) is 0 Å². The van der Waals surface area contributed by atoms with E-state index in [-0.39, 0.29) is 17.9 Å². The molecule has 2 unspecified atom stereocenters. The van der Waals surface area contributed by atoms with Gasteiger partial charge in [0, 0.05) is 26.4 Å². The second kappa shape index (κ2) is 9.85. The van der Waals surface area contributed by atoms with E-state index in [0.717, 1.165) is 40.3 Å². The minimum Gasteiger partial charge on any atom is -0.349 e. The number of carbonyl (C=O) groups is 2. The van der Waals surface area contributed by atoms with Gasteiger partial charge in [0.15, 0.2) is 0 Å². The number of nitrogens with zero attached hydrogens (tertiary/aromatic N) is 1. The Balaban J connectivity index is 1.53. The first-order valence-corrected chi connectivity index (χ1v) is 13.0. The molecule has 1 aliphatic carbocycles.